The molecule has 0 radical (unpaired) electrons. The Hall–Kier alpha value is -3.35. The minimum Gasteiger partial charge on any atom is -0.461 e. The smallest absolute Gasteiger partial charge is 0.328 e. The van der Waals surface area contributed by atoms with Crippen LogP contribution in [-0.4, -0.2) is 66.2 Å². The van der Waals surface area contributed by atoms with Crippen molar-refractivity contribution in [1.29, 1.82) is 0 Å². The van der Waals surface area contributed by atoms with E-state index in [1.54, 1.807) is 27.7 Å². The second-order valence-corrected chi connectivity index (χ2v) is 11.4. The quantitative estimate of drug-likeness (QED) is 0.417. The van der Waals surface area contributed by atoms with Crippen LogP contribution < -0.4 is 5.32 Å². The molecule has 226 valence electrons. The van der Waals surface area contributed by atoms with Gasteiger partial charge in [-0.15, -0.1) is 0 Å². The summed E-state index contributed by atoms with van der Waals surface area (Å²) in [5.74, 6) is -3.79. The fourth-order valence-electron chi connectivity index (χ4n) is 5.23. The summed E-state index contributed by atoms with van der Waals surface area (Å²) in [6.07, 6.45) is -4.31. The Bertz CT molecular complexity index is 1250. The molecule has 2 aromatic carbocycles. The van der Waals surface area contributed by atoms with Crippen molar-refractivity contribution in [3.05, 3.63) is 71.8 Å². The molecule has 3 aliphatic rings. The molecule has 3 aliphatic heterocycles. The molecule has 6 atom stereocenters. The standard InChI is InChI=1S/C31H37NO10/c1-30(2)39-23-24(40-30)26-29(42-31(3,4)41-26)38-25(23)27(34)32-21(28(35)37-18-20-13-9-6-10-14-20)15-16-22(33)36-17-19-11-7-5-8-12-19/h5-14,21,23-26,29H,15-18H2,1-4H3,(H,32,34)/t21-,23-,24+,25+,26+,29+/m1/s1. The third-order valence-electron chi connectivity index (χ3n) is 7.12. The van der Waals surface area contributed by atoms with Gasteiger partial charge in [0.15, 0.2) is 24.0 Å². The average molecular weight is 584 g/mol. The van der Waals surface area contributed by atoms with E-state index in [2.05, 4.69) is 5.32 Å². The molecule has 3 fully saturated rings. The van der Waals surface area contributed by atoms with Crippen molar-refractivity contribution in [1.82, 2.24) is 5.32 Å². The van der Waals surface area contributed by atoms with Crippen LogP contribution in [0.15, 0.2) is 60.7 Å². The van der Waals surface area contributed by atoms with E-state index in [9.17, 15) is 14.4 Å². The van der Waals surface area contributed by atoms with Gasteiger partial charge in [0.2, 0.25) is 0 Å². The number of carbonyl (C=O) groups is 3. The summed E-state index contributed by atoms with van der Waals surface area (Å²) in [7, 11) is 0. The van der Waals surface area contributed by atoms with E-state index in [0.29, 0.717) is 0 Å². The Kier molecular flexibility index (Phi) is 8.95. The van der Waals surface area contributed by atoms with Gasteiger partial charge in [0, 0.05) is 6.42 Å². The van der Waals surface area contributed by atoms with Gasteiger partial charge in [-0.2, -0.15) is 0 Å². The van der Waals surface area contributed by atoms with E-state index >= 15 is 0 Å². The fourth-order valence-corrected chi connectivity index (χ4v) is 5.23. The lowest BCUT2D eigenvalue weighted by Gasteiger charge is -2.36. The van der Waals surface area contributed by atoms with E-state index < -0.39 is 66.2 Å². The molecule has 0 aliphatic carbocycles. The van der Waals surface area contributed by atoms with E-state index in [0.717, 1.165) is 11.1 Å². The Morgan fingerprint density at radius 2 is 1.31 bits per heavy atom. The highest BCUT2D eigenvalue weighted by molar-refractivity contribution is 5.88. The van der Waals surface area contributed by atoms with E-state index in [1.807, 2.05) is 60.7 Å². The van der Waals surface area contributed by atoms with Crippen LogP contribution >= 0.6 is 0 Å². The number of ether oxygens (including phenoxy) is 7. The van der Waals surface area contributed by atoms with Crippen LogP contribution in [0.1, 0.15) is 51.7 Å². The number of benzene rings is 2. The van der Waals surface area contributed by atoms with Gasteiger partial charge < -0.3 is 38.5 Å². The number of rotatable bonds is 10. The first-order chi connectivity index (χ1) is 20.0. The number of esters is 2. The summed E-state index contributed by atoms with van der Waals surface area (Å²) in [6.45, 7) is 7.07. The molecule has 1 amide bonds. The maximum absolute atomic E-state index is 13.7. The summed E-state index contributed by atoms with van der Waals surface area (Å²) in [5, 5.41) is 2.71. The van der Waals surface area contributed by atoms with E-state index in [4.69, 9.17) is 33.2 Å². The van der Waals surface area contributed by atoms with Gasteiger partial charge in [0.1, 0.15) is 37.6 Å². The van der Waals surface area contributed by atoms with Crippen molar-refractivity contribution in [3.8, 4) is 0 Å². The molecular weight excluding hydrogens is 546 g/mol. The largest absolute Gasteiger partial charge is 0.461 e. The number of amides is 1. The highest BCUT2D eigenvalue weighted by Crippen LogP contribution is 2.44. The zero-order valence-corrected chi connectivity index (χ0v) is 24.1. The molecule has 3 saturated heterocycles. The molecule has 11 heteroatoms. The average Bonchev–Trinajstić information content (AvgIpc) is 3.46. The lowest BCUT2D eigenvalue weighted by molar-refractivity contribution is -0.231. The molecule has 0 spiro atoms. The number of hydrogen-bond acceptors (Lipinski definition) is 10. The monoisotopic (exact) mass is 583 g/mol. The normalized spacial score (nSPS) is 27.8. The van der Waals surface area contributed by atoms with Crippen molar-refractivity contribution >= 4 is 17.8 Å². The molecule has 11 nitrogen and oxygen atoms in total. The van der Waals surface area contributed by atoms with Crippen LogP contribution in [0.25, 0.3) is 0 Å². The third kappa shape index (κ3) is 7.34. The summed E-state index contributed by atoms with van der Waals surface area (Å²) < 4.78 is 40.9. The molecule has 0 aromatic heterocycles. The van der Waals surface area contributed by atoms with Gasteiger partial charge in [-0.3, -0.25) is 9.59 Å². The maximum atomic E-state index is 13.7. The highest BCUT2D eigenvalue weighted by Gasteiger charge is 2.62. The van der Waals surface area contributed by atoms with Crippen molar-refractivity contribution in [2.45, 2.75) is 102 Å². The van der Waals surface area contributed by atoms with Crippen LogP contribution in [0, 0.1) is 0 Å². The zero-order chi connectivity index (χ0) is 29.9. The summed E-state index contributed by atoms with van der Waals surface area (Å²) in [5.41, 5.74) is 1.62. The predicted molar refractivity (Wildman–Crippen MR) is 146 cm³/mol. The van der Waals surface area contributed by atoms with Crippen LogP contribution in [0.3, 0.4) is 0 Å². The number of carbonyl (C=O) groups excluding carboxylic acids is 3. The molecule has 0 unspecified atom stereocenters. The SMILES string of the molecule is CC1(C)O[C@@H]2O[C@H](C(=O)N[C@H](CCC(=O)OCc3ccccc3)C(=O)OCc3ccccc3)[C@@H]3OC(C)(C)O[C@@H]3[C@@H]2O1. The lowest BCUT2D eigenvalue weighted by Crippen LogP contribution is -2.61. The van der Waals surface area contributed by atoms with Crippen LogP contribution in [0.2, 0.25) is 0 Å². The topological polar surface area (TPSA) is 128 Å². The fraction of sp³-hybridized carbons (Fsp3) is 0.516. The van der Waals surface area contributed by atoms with Gasteiger partial charge >= 0.3 is 11.9 Å². The Balaban J connectivity index is 1.26. The first kappa shape index (κ1) is 30.1. The number of nitrogens with one attached hydrogen (secondary N) is 1. The predicted octanol–water partition coefficient (Wildman–Crippen LogP) is 3.13. The minimum absolute atomic E-state index is 0.00425. The Morgan fingerprint density at radius 3 is 1.95 bits per heavy atom. The molecular formula is C31H37NO10. The maximum Gasteiger partial charge on any atom is 0.328 e. The first-order valence-corrected chi connectivity index (χ1v) is 14.1. The first-order valence-electron chi connectivity index (χ1n) is 14.1. The van der Waals surface area contributed by atoms with Crippen LogP contribution in [-0.2, 0) is 60.8 Å². The van der Waals surface area contributed by atoms with Gasteiger partial charge in [-0.05, 0) is 45.2 Å². The summed E-state index contributed by atoms with van der Waals surface area (Å²) >= 11 is 0. The van der Waals surface area contributed by atoms with Gasteiger partial charge in [0.05, 0.1) is 0 Å². The zero-order valence-electron chi connectivity index (χ0n) is 24.1. The molecule has 5 rings (SSSR count). The molecule has 0 bridgehead atoms. The van der Waals surface area contributed by atoms with E-state index in [-0.39, 0.29) is 26.1 Å². The minimum atomic E-state index is -1.18. The van der Waals surface area contributed by atoms with Crippen molar-refractivity contribution in [2.24, 2.45) is 0 Å². The van der Waals surface area contributed by atoms with Crippen LogP contribution in [0.5, 0.6) is 0 Å². The van der Waals surface area contributed by atoms with Crippen molar-refractivity contribution in [2.75, 3.05) is 0 Å². The van der Waals surface area contributed by atoms with Gasteiger partial charge in [-0.1, -0.05) is 60.7 Å². The summed E-state index contributed by atoms with van der Waals surface area (Å²) in [6, 6.07) is 17.2. The lowest BCUT2D eigenvalue weighted by atomic mass is 9.98. The van der Waals surface area contributed by atoms with Gasteiger partial charge in [-0.25, -0.2) is 4.79 Å². The molecule has 2 aromatic rings. The molecule has 1 N–H and O–H groups in total. The number of hydrogen-bond donors (Lipinski definition) is 1. The van der Waals surface area contributed by atoms with Crippen LogP contribution in [0.4, 0.5) is 0 Å². The highest BCUT2D eigenvalue weighted by atomic mass is 16.9. The van der Waals surface area contributed by atoms with E-state index in [1.165, 1.54) is 0 Å². The van der Waals surface area contributed by atoms with Crippen molar-refractivity contribution in [3.63, 3.8) is 0 Å². The summed E-state index contributed by atoms with van der Waals surface area (Å²) in [4.78, 5) is 39.4. The Labute approximate surface area is 244 Å². The Morgan fingerprint density at radius 1 is 0.762 bits per heavy atom. The molecule has 3 heterocycles. The number of fused-ring (bicyclic) bond motifs is 3. The second-order valence-electron chi connectivity index (χ2n) is 11.4. The third-order valence-corrected chi connectivity index (χ3v) is 7.12. The molecule has 0 saturated carbocycles. The van der Waals surface area contributed by atoms with Crippen molar-refractivity contribution < 1.29 is 47.5 Å². The van der Waals surface area contributed by atoms with Gasteiger partial charge in [0.25, 0.3) is 5.91 Å². The molecule has 42 heavy (non-hydrogen) atoms. The second kappa shape index (κ2) is 12.5.